The van der Waals surface area contributed by atoms with Gasteiger partial charge in [0.1, 0.15) is 0 Å². The minimum atomic E-state index is -3.65. The first-order valence-electron chi connectivity index (χ1n) is 12.1. The van der Waals surface area contributed by atoms with Crippen molar-refractivity contribution in [2.24, 2.45) is 5.92 Å². The lowest BCUT2D eigenvalue weighted by Gasteiger charge is -2.30. The van der Waals surface area contributed by atoms with Crippen LogP contribution in [-0.2, 0) is 27.1 Å². The highest BCUT2D eigenvalue weighted by molar-refractivity contribution is 7.98. The number of fused-ring (bicyclic) bond motifs is 1. The minimum absolute atomic E-state index is 0.0225. The molecule has 0 radical (unpaired) electrons. The number of aromatic nitrogens is 2. The van der Waals surface area contributed by atoms with Crippen molar-refractivity contribution in [1.29, 1.82) is 0 Å². The lowest BCUT2D eigenvalue weighted by atomic mass is 10.0. The van der Waals surface area contributed by atoms with Crippen molar-refractivity contribution in [2.75, 3.05) is 26.3 Å². The van der Waals surface area contributed by atoms with Gasteiger partial charge in [-0.3, -0.25) is 0 Å². The van der Waals surface area contributed by atoms with Crippen LogP contribution in [0.4, 0.5) is 13.2 Å². The molecule has 1 atom stereocenters. The van der Waals surface area contributed by atoms with Gasteiger partial charge in [-0.25, -0.2) is 26.6 Å². The largest absolute Gasteiger partial charge is 0.382 e. The summed E-state index contributed by atoms with van der Waals surface area (Å²) < 4.78 is 76.7. The lowest BCUT2D eigenvalue weighted by Crippen LogP contribution is -2.39. The molecule has 0 saturated carbocycles. The first-order chi connectivity index (χ1) is 17.2. The average Bonchev–Trinajstić information content (AvgIpc) is 3.21. The summed E-state index contributed by atoms with van der Waals surface area (Å²) in [6.45, 7) is 6.64. The van der Waals surface area contributed by atoms with E-state index in [9.17, 15) is 21.6 Å². The van der Waals surface area contributed by atoms with E-state index >= 15 is 0 Å². The van der Waals surface area contributed by atoms with Gasteiger partial charge in [0.25, 0.3) is 0 Å². The average molecular weight is 542 g/mol. The second-order valence-electron chi connectivity index (χ2n) is 8.98. The van der Waals surface area contributed by atoms with E-state index in [4.69, 9.17) is 4.74 Å². The monoisotopic (exact) mass is 541 g/mol. The topological polar surface area (TPSA) is 64.4 Å². The highest BCUT2D eigenvalue weighted by Gasteiger charge is 2.29. The minimum Gasteiger partial charge on any atom is -0.382 e. The number of rotatable bonds is 10. The van der Waals surface area contributed by atoms with Gasteiger partial charge in [0.05, 0.1) is 15.9 Å². The number of hydrogen-bond acceptors (Lipinski definition) is 5. The molecule has 1 saturated heterocycles. The van der Waals surface area contributed by atoms with Crippen LogP contribution in [0.15, 0.2) is 40.4 Å². The van der Waals surface area contributed by atoms with Crippen LogP contribution in [0, 0.1) is 23.4 Å². The summed E-state index contributed by atoms with van der Waals surface area (Å²) in [5.74, 6) is -3.61. The van der Waals surface area contributed by atoms with Crippen molar-refractivity contribution in [3.8, 4) is 0 Å². The first kappa shape index (κ1) is 27.0. The Balaban J connectivity index is 1.65. The van der Waals surface area contributed by atoms with Gasteiger partial charge in [-0.2, -0.15) is 4.31 Å². The zero-order valence-electron chi connectivity index (χ0n) is 20.3. The van der Waals surface area contributed by atoms with E-state index in [1.807, 2.05) is 18.4 Å². The van der Waals surface area contributed by atoms with Gasteiger partial charge in [-0.05, 0) is 56.4 Å². The molecule has 2 aromatic carbocycles. The Labute approximate surface area is 213 Å². The molecule has 0 bridgehead atoms. The maximum Gasteiger partial charge on any atom is 0.243 e. The molecule has 1 fully saturated rings. The SMILES string of the molecule is CCOCCCn1c(SCc2ccc(F)c(F)c2F)nc2cc(S(=O)(=O)N3CCC[C@@H](C)C3)ccc21. The van der Waals surface area contributed by atoms with E-state index in [0.717, 1.165) is 24.4 Å². The molecule has 0 spiro atoms. The predicted molar refractivity (Wildman–Crippen MR) is 134 cm³/mol. The Morgan fingerprint density at radius 3 is 2.72 bits per heavy atom. The summed E-state index contributed by atoms with van der Waals surface area (Å²) in [4.78, 5) is 4.83. The molecule has 1 aromatic heterocycles. The van der Waals surface area contributed by atoms with E-state index in [1.165, 1.54) is 22.1 Å². The Morgan fingerprint density at radius 2 is 1.97 bits per heavy atom. The second-order valence-corrected chi connectivity index (χ2v) is 11.9. The van der Waals surface area contributed by atoms with Crippen LogP contribution in [0.25, 0.3) is 11.0 Å². The van der Waals surface area contributed by atoms with E-state index in [2.05, 4.69) is 4.98 Å². The molecule has 3 aromatic rings. The van der Waals surface area contributed by atoms with Gasteiger partial charge >= 0.3 is 0 Å². The first-order valence-corrected chi connectivity index (χ1v) is 14.5. The Kier molecular flexibility index (Phi) is 8.64. The number of hydrogen-bond donors (Lipinski definition) is 0. The molecular formula is C25H30F3N3O3S2. The molecule has 2 heterocycles. The van der Waals surface area contributed by atoms with E-state index < -0.39 is 27.5 Å². The number of piperidine rings is 1. The van der Waals surface area contributed by atoms with Gasteiger partial charge in [-0.1, -0.05) is 24.8 Å². The van der Waals surface area contributed by atoms with Crippen LogP contribution in [0.5, 0.6) is 0 Å². The number of halogens is 3. The summed E-state index contributed by atoms with van der Waals surface area (Å²) in [7, 11) is -3.65. The summed E-state index contributed by atoms with van der Waals surface area (Å²) in [5.41, 5.74) is 1.27. The van der Waals surface area contributed by atoms with Crippen LogP contribution in [0.1, 0.15) is 38.7 Å². The number of ether oxygens (including phenoxy) is 1. The number of thioether (sulfide) groups is 1. The third kappa shape index (κ3) is 5.74. The van der Waals surface area contributed by atoms with E-state index in [1.54, 1.807) is 18.2 Å². The molecule has 0 N–H and O–H groups in total. The van der Waals surface area contributed by atoms with Gasteiger partial charge < -0.3 is 9.30 Å². The molecular weight excluding hydrogens is 511 g/mol. The van der Waals surface area contributed by atoms with Crippen molar-refractivity contribution in [2.45, 2.75) is 55.5 Å². The fraction of sp³-hybridized carbons (Fsp3) is 0.480. The van der Waals surface area contributed by atoms with Crippen LogP contribution in [0.3, 0.4) is 0 Å². The highest BCUT2D eigenvalue weighted by Crippen LogP contribution is 2.31. The van der Waals surface area contributed by atoms with Gasteiger partial charge in [0.15, 0.2) is 22.6 Å². The Morgan fingerprint density at radius 1 is 1.17 bits per heavy atom. The van der Waals surface area contributed by atoms with Crippen LogP contribution in [0.2, 0.25) is 0 Å². The molecule has 6 nitrogen and oxygen atoms in total. The molecule has 0 unspecified atom stereocenters. The third-order valence-corrected chi connectivity index (χ3v) is 9.17. The molecule has 1 aliphatic rings. The molecule has 1 aliphatic heterocycles. The highest BCUT2D eigenvalue weighted by atomic mass is 32.2. The summed E-state index contributed by atoms with van der Waals surface area (Å²) in [6.07, 6.45) is 2.53. The molecule has 0 aliphatic carbocycles. The van der Waals surface area contributed by atoms with Crippen LogP contribution >= 0.6 is 11.8 Å². The Hall–Kier alpha value is -2.08. The standard InChI is InChI=1S/C25H30F3N3O3S2/c1-3-34-13-5-12-31-22-10-8-19(36(32,33)30-11-4-6-17(2)15-30)14-21(22)29-25(31)35-16-18-7-9-20(26)24(28)23(18)27/h7-10,14,17H,3-6,11-13,15-16H2,1-2H3/t17-/m1/s1. The van der Waals surface area contributed by atoms with E-state index in [-0.39, 0.29) is 16.2 Å². The number of aryl methyl sites for hydroxylation is 1. The molecule has 36 heavy (non-hydrogen) atoms. The number of imidazole rings is 1. The van der Waals surface area contributed by atoms with Gasteiger partial charge in [0, 0.05) is 44.2 Å². The normalized spacial score (nSPS) is 17.2. The molecule has 196 valence electrons. The molecule has 4 rings (SSSR count). The maximum atomic E-state index is 14.2. The summed E-state index contributed by atoms with van der Waals surface area (Å²) in [5, 5.41) is 0.534. The summed E-state index contributed by atoms with van der Waals surface area (Å²) in [6, 6.07) is 7.03. The predicted octanol–water partition coefficient (Wildman–Crippen LogP) is 5.59. The number of sulfonamides is 1. The second kappa shape index (κ2) is 11.5. The van der Waals surface area contributed by atoms with Crippen molar-refractivity contribution >= 4 is 32.8 Å². The van der Waals surface area contributed by atoms with Gasteiger partial charge in [-0.15, -0.1) is 0 Å². The van der Waals surface area contributed by atoms with E-state index in [0.29, 0.717) is 55.9 Å². The zero-order chi connectivity index (χ0) is 25.9. The number of benzene rings is 2. The number of nitrogens with zero attached hydrogens (tertiary/aromatic N) is 3. The fourth-order valence-electron chi connectivity index (χ4n) is 4.38. The van der Waals surface area contributed by atoms with Gasteiger partial charge in [0.2, 0.25) is 10.0 Å². The third-order valence-electron chi connectivity index (χ3n) is 6.29. The smallest absolute Gasteiger partial charge is 0.243 e. The van der Waals surface area contributed by atoms with Crippen LogP contribution < -0.4 is 0 Å². The summed E-state index contributed by atoms with van der Waals surface area (Å²) >= 11 is 1.18. The van der Waals surface area contributed by atoms with Crippen LogP contribution in [-0.4, -0.2) is 48.6 Å². The molecule has 0 amide bonds. The van der Waals surface area contributed by atoms with Crippen molar-refractivity contribution in [3.05, 3.63) is 53.3 Å². The maximum absolute atomic E-state index is 14.2. The lowest BCUT2D eigenvalue weighted by molar-refractivity contribution is 0.141. The Bertz CT molecular complexity index is 1330. The van der Waals surface area contributed by atoms with Crippen molar-refractivity contribution in [3.63, 3.8) is 0 Å². The zero-order valence-corrected chi connectivity index (χ0v) is 22.0. The molecule has 11 heteroatoms. The quantitative estimate of drug-likeness (QED) is 0.190. The van der Waals surface area contributed by atoms with Crippen molar-refractivity contribution in [1.82, 2.24) is 13.9 Å². The fourth-order valence-corrected chi connectivity index (χ4v) is 7.01. The van der Waals surface area contributed by atoms with Crippen molar-refractivity contribution < 1.29 is 26.3 Å².